The van der Waals surface area contributed by atoms with Crippen molar-refractivity contribution in [2.24, 2.45) is 13.0 Å². The fourth-order valence-electron chi connectivity index (χ4n) is 3.04. The molecule has 1 aliphatic rings. The molecule has 0 saturated carbocycles. The summed E-state index contributed by atoms with van der Waals surface area (Å²) < 4.78 is 46.3. The van der Waals surface area contributed by atoms with Gasteiger partial charge in [0.15, 0.2) is 0 Å². The average molecular weight is 355 g/mol. The van der Waals surface area contributed by atoms with E-state index in [-0.39, 0.29) is 23.6 Å². The molecule has 0 bridgehead atoms. The monoisotopic (exact) mass is 355 g/mol. The maximum absolute atomic E-state index is 13.0. The van der Waals surface area contributed by atoms with E-state index in [0.29, 0.717) is 13.2 Å². The maximum Gasteiger partial charge on any atom is 0.433 e. The molecule has 0 radical (unpaired) electrons. The van der Waals surface area contributed by atoms with Crippen LogP contribution in [0.1, 0.15) is 36.1 Å². The lowest BCUT2D eigenvalue weighted by Gasteiger charge is -2.30. The van der Waals surface area contributed by atoms with Crippen LogP contribution in [-0.2, 0) is 18.0 Å². The number of rotatable bonds is 4. The molecular weight excluding hydrogens is 335 g/mol. The summed E-state index contributed by atoms with van der Waals surface area (Å²) >= 11 is 0. The first-order chi connectivity index (χ1) is 11.8. The molecule has 2 aromatic heterocycles. The van der Waals surface area contributed by atoms with E-state index in [1.54, 1.807) is 6.20 Å². The van der Waals surface area contributed by atoms with Crippen molar-refractivity contribution >= 4 is 5.95 Å². The molecule has 0 aliphatic carbocycles. The Labute approximate surface area is 143 Å². The third-order valence-corrected chi connectivity index (χ3v) is 4.30. The Morgan fingerprint density at radius 3 is 2.60 bits per heavy atom. The van der Waals surface area contributed by atoms with Crippen LogP contribution in [0.5, 0.6) is 0 Å². The smallest absolute Gasteiger partial charge is 0.381 e. The van der Waals surface area contributed by atoms with Gasteiger partial charge in [0.1, 0.15) is 11.5 Å². The van der Waals surface area contributed by atoms with Crippen molar-refractivity contribution in [3.63, 3.8) is 0 Å². The van der Waals surface area contributed by atoms with Gasteiger partial charge in [-0.15, -0.1) is 0 Å². The van der Waals surface area contributed by atoms with Crippen molar-refractivity contribution in [3.8, 4) is 0 Å². The largest absolute Gasteiger partial charge is 0.433 e. The van der Waals surface area contributed by atoms with E-state index < -0.39 is 11.9 Å². The standard InChI is InChI=1S/C16H20F3N5O/c1-10-9-12(16(17,18)19)22-15(21-10)23-13(11-3-7-25-8-4-11)14-20-5-6-24(14)2/h5-6,9,11,13H,3-4,7-8H2,1-2H3,(H,21,22,23)/t13-/m0/s1. The minimum Gasteiger partial charge on any atom is -0.381 e. The lowest BCUT2D eigenvalue weighted by atomic mass is 9.91. The molecule has 2 aromatic rings. The number of alkyl halides is 3. The molecule has 3 rings (SSSR count). The van der Waals surface area contributed by atoms with Gasteiger partial charge in [-0.05, 0) is 31.7 Å². The van der Waals surface area contributed by atoms with Crippen LogP contribution in [0.3, 0.4) is 0 Å². The van der Waals surface area contributed by atoms with Gasteiger partial charge in [0, 0.05) is 38.3 Å². The van der Waals surface area contributed by atoms with Crippen LogP contribution in [0, 0.1) is 12.8 Å². The predicted octanol–water partition coefficient (Wildman–Crippen LogP) is 3.12. The van der Waals surface area contributed by atoms with Gasteiger partial charge in [0.25, 0.3) is 0 Å². The van der Waals surface area contributed by atoms with Crippen molar-refractivity contribution in [1.29, 1.82) is 0 Å². The Morgan fingerprint density at radius 1 is 1.28 bits per heavy atom. The number of aromatic nitrogens is 4. The zero-order chi connectivity index (χ0) is 18.0. The molecule has 1 N–H and O–H groups in total. The number of hydrogen-bond donors (Lipinski definition) is 1. The lowest BCUT2D eigenvalue weighted by Crippen LogP contribution is -2.30. The number of hydrogen-bond acceptors (Lipinski definition) is 5. The van der Waals surface area contributed by atoms with Gasteiger partial charge in [0.2, 0.25) is 5.95 Å². The molecule has 1 atom stereocenters. The van der Waals surface area contributed by atoms with Gasteiger partial charge in [-0.3, -0.25) is 0 Å². The molecule has 0 unspecified atom stereocenters. The SMILES string of the molecule is Cc1cc(C(F)(F)F)nc(N[C@H](c2nccn2C)C2CCOCC2)n1. The molecule has 0 amide bonds. The number of nitrogens with one attached hydrogen (secondary N) is 1. The first kappa shape index (κ1) is 17.7. The number of anilines is 1. The van der Waals surface area contributed by atoms with Crippen molar-refractivity contribution < 1.29 is 17.9 Å². The second-order valence-electron chi connectivity index (χ2n) is 6.18. The Kier molecular flexibility index (Phi) is 4.94. The van der Waals surface area contributed by atoms with E-state index in [2.05, 4.69) is 20.3 Å². The van der Waals surface area contributed by atoms with E-state index in [9.17, 15) is 13.2 Å². The molecule has 1 fully saturated rings. The van der Waals surface area contributed by atoms with Gasteiger partial charge >= 0.3 is 6.18 Å². The molecule has 1 aliphatic heterocycles. The first-order valence-electron chi connectivity index (χ1n) is 8.09. The highest BCUT2D eigenvalue weighted by atomic mass is 19.4. The first-order valence-corrected chi connectivity index (χ1v) is 8.09. The third-order valence-electron chi connectivity index (χ3n) is 4.30. The molecule has 1 saturated heterocycles. The third kappa shape index (κ3) is 4.09. The molecule has 0 spiro atoms. The average Bonchev–Trinajstić information content (AvgIpc) is 2.98. The van der Waals surface area contributed by atoms with Crippen LogP contribution < -0.4 is 5.32 Å². The fraction of sp³-hybridized carbons (Fsp3) is 0.562. The van der Waals surface area contributed by atoms with Crippen LogP contribution in [0.4, 0.5) is 19.1 Å². The molecule has 3 heterocycles. The van der Waals surface area contributed by atoms with Gasteiger partial charge in [-0.1, -0.05) is 0 Å². The van der Waals surface area contributed by atoms with Gasteiger partial charge < -0.3 is 14.6 Å². The zero-order valence-corrected chi connectivity index (χ0v) is 14.0. The molecular formula is C16H20F3N5O. The van der Waals surface area contributed by atoms with E-state index >= 15 is 0 Å². The molecule has 0 aromatic carbocycles. The summed E-state index contributed by atoms with van der Waals surface area (Å²) in [6.45, 7) is 2.76. The fourth-order valence-corrected chi connectivity index (χ4v) is 3.04. The summed E-state index contributed by atoms with van der Waals surface area (Å²) in [5, 5.41) is 3.08. The highest BCUT2D eigenvalue weighted by molar-refractivity contribution is 5.32. The minimum absolute atomic E-state index is 0.0354. The topological polar surface area (TPSA) is 64.9 Å². The van der Waals surface area contributed by atoms with E-state index in [4.69, 9.17) is 4.74 Å². The normalized spacial score (nSPS) is 17.5. The van der Waals surface area contributed by atoms with Crippen LogP contribution >= 0.6 is 0 Å². The molecule has 9 heteroatoms. The van der Waals surface area contributed by atoms with E-state index in [1.165, 1.54) is 6.92 Å². The summed E-state index contributed by atoms with van der Waals surface area (Å²) in [5.41, 5.74) is -0.691. The summed E-state index contributed by atoms with van der Waals surface area (Å²) in [7, 11) is 1.86. The lowest BCUT2D eigenvalue weighted by molar-refractivity contribution is -0.141. The number of halogens is 3. The van der Waals surface area contributed by atoms with Crippen molar-refractivity contribution in [3.05, 3.63) is 35.7 Å². The van der Waals surface area contributed by atoms with Crippen LogP contribution in [0.25, 0.3) is 0 Å². The number of nitrogens with zero attached hydrogens (tertiary/aromatic N) is 4. The van der Waals surface area contributed by atoms with Crippen LogP contribution in [0.2, 0.25) is 0 Å². The van der Waals surface area contributed by atoms with Crippen LogP contribution in [0.15, 0.2) is 18.5 Å². The number of imidazole rings is 1. The quantitative estimate of drug-likeness (QED) is 0.913. The summed E-state index contributed by atoms with van der Waals surface area (Å²) in [6, 6.07) is 0.654. The van der Waals surface area contributed by atoms with Gasteiger partial charge in [0.05, 0.1) is 6.04 Å². The van der Waals surface area contributed by atoms with Gasteiger partial charge in [-0.2, -0.15) is 13.2 Å². The molecule has 6 nitrogen and oxygen atoms in total. The molecule has 136 valence electrons. The van der Waals surface area contributed by atoms with Gasteiger partial charge in [-0.25, -0.2) is 15.0 Å². The van der Waals surface area contributed by atoms with E-state index in [0.717, 1.165) is 24.7 Å². The predicted molar refractivity (Wildman–Crippen MR) is 84.9 cm³/mol. The van der Waals surface area contributed by atoms with Crippen molar-refractivity contribution in [2.45, 2.75) is 32.0 Å². The Morgan fingerprint density at radius 2 is 2.00 bits per heavy atom. The Balaban J connectivity index is 1.93. The summed E-state index contributed by atoms with van der Waals surface area (Å²) in [5.74, 6) is 0.880. The number of ether oxygens (including phenoxy) is 1. The maximum atomic E-state index is 13.0. The van der Waals surface area contributed by atoms with Crippen LogP contribution in [-0.4, -0.2) is 32.7 Å². The van der Waals surface area contributed by atoms with Crippen molar-refractivity contribution in [2.75, 3.05) is 18.5 Å². The number of aryl methyl sites for hydroxylation is 2. The Hall–Kier alpha value is -2.16. The minimum atomic E-state index is -4.51. The molecule has 25 heavy (non-hydrogen) atoms. The Bertz CT molecular complexity index is 725. The summed E-state index contributed by atoms with van der Waals surface area (Å²) in [6.07, 6.45) is 0.551. The van der Waals surface area contributed by atoms with E-state index in [1.807, 2.05) is 17.8 Å². The zero-order valence-electron chi connectivity index (χ0n) is 14.0. The highest BCUT2D eigenvalue weighted by Crippen LogP contribution is 2.33. The second kappa shape index (κ2) is 6.99. The second-order valence-corrected chi connectivity index (χ2v) is 6.18. The summed E-state index contributed by atoms with van der Waals surface area (Å²) in [4.78, 5) is 12.2. The highest BCUT2D eigenvalue weighted by Gasteiger charge is 2.34. The van der Waals surface area contributed by atoms with Crippen molar-refractivity contribution in [1.82, 2.24) is 19.5 Å².